The Balaban J connectivity index is 0.000000810. The molecule has 60 valence electrons. The second-order valence-corrected chi connectivity index (χ2v) is 2.23. The highest BCUT2D eigenvalue weighted by Crippen LogP contribution is 2.01. The molecule has 1 rings (SSSR count). The lowest BCUT2D eigenvalue weighted by Gasteiger charge is -2.15. The molecular weight excluding hydrogens is 196 g/mol. The summed E-state index contributed by atoms with van der Waals surface area (Å²) in [7, 11) is 2.01. The highest BCUT2D eigenvalue weighted by molar-refractivity contribution is 8.93. The zero-order valence-electron chi connectivity index (χ0n) is 6.03. The van der Waals surface area contributed by atoms with E-state index in [2.05, 4.69) is 9.80 Å². The van der Waals surface area contributed by atoms with E-state index in [4.69, 9.17) is 5.11 Å². The van der Waals surface area contributed by atoms with Crippen LogP contribution in [0.4, 0.5) is 0 Å². The fourth-order valence-electron chi connectivity index (χ4n) is 0.863. The molecule has 0 amide bonds. The quantitative estimate of drug-likeness (QED) is 0.705. The Bertz CT molecular complexity index is 118. The molecule has 0 aliphatic carbocycles. The molecule has 0 atom stereocenters. The largest absolute Gasteiger partial charge is 0.395 e. The van der Waals surface area contributed by atoms with Crippen molar-refractivity contribution in [1.82, 2.24) is 9.80 Å². The van der Waals surface area contributed by atoms with Gasteiger partial charge in [-0.3, -0.25) is 0 Å². The van der Waals surface area contributed by atoms with Gasteiger partial charge in [0.2, 0.25) is 0 Å². The summed E-state index contributed by atoms with van der Waals surface area (Å²) in [5.74, 6) is 0. The molecule has 0 aromatic heterocycles. The maximum Gasteiger partial charge on any atom is 0.0891 e. The molecule has 1 aliphatic heterocycles. The van der Waals surface area contributed by atoms with E-state index in [1.54, 1.807) is 0 Å². The highest BCUT2D eigenvalue weighted by Gasteiger charge is 2.05. The average molecular weight is 209 g/mol. The van der Waals surface area contributed by atoms with Crippen molar-refractivity contribution < 1.29 is 5.11 Å². The van der Waals surface area contributed by atoms with Crippen molar-refractivity contribution in [2.24, 2.45) is 0 Å². The molecule has 0 aromatic rings. The third kappa shape index (κ3) is 2.58. The molecule has 1 N–H and O–H groups in total. The van der Waals surface area contributed by atoms with Crippen molar-refractivity contribution in [3.63, 3.8) is 0 Å². The maximum atomic E-state index is 8.52. The molecule has 0 unspecified atom stereocenters. The molecule has 1 aliphatic rings. The third-order valence-electron chi connectivity index (χ3n) is 1.32. The van der Waals surface area contributed by atoms with E-state index in [0.717, 1.165) is 13.2 Å². The minimum atomic E-state index is 0. The van der Waals surface area contributed by atoms with Gasteiger partial charge in [-0.15, -0.1) is 17.0 Å². The summed E-state index contributed by atoms with van der Waals surface area (Å²) in [4.78, 5) is 4.12. The molecule has 0 fully saturated rings. The van der Waals surface area contributed by atoms with Gasteiger partial charge in [-0.1, -0.05) is 0 Å². The van der Waals surface area contributed by atoms with E-state index in [1.165, 1.54) is 0 Å². The van der Waals surface area contributed by atoms with Gasteiger partial charge in [0.15, 0.2) is 0 Å². The number of β-amino-alcohol motifs (C(OH)–C–C–N with tert-alkyl or cyclic N) is 1. The fraction of sp³-hybridized carbons (Fsp3) is 0.667. The number of hydrogen-bond donors (Lipinski definition) is 1. The van der Waals surface area contributed by atoms with Gasteiger partial charge in [-0.2, -0.15) is 0 Å². The van der Waals surface area contributed by atoms with E-state index in [1.807, 2.05) is 19.4 Å². The summed E-state index contributed by atoms with van der Waals surface area (Å²) in [6.45, 7) is 1.87. The van der Waals surface area contributed by atoms with Crippen LogP contribution in [0.25, 0.3) is 0 Å². The van der Waals surface area contributed by atoms with Crippen LogP contribution in [0, 0.1) is 0 Å². The summed E-state index contributed by atoms with van der Waals surface area (Å²) in [5, 5.41) is 8.52. The van der Waals surface area contributed by atoms with Crippen LogP contribution in [-0.4, -0.2) is 41.8 Å². The Morgan fingerprint density at radius 2 is 2.20 bits per heavy atom. The molecule has 0 saturated carbocycles. The molecule has 0 radical (unpaired) electrons. The van der Waals surface area contributed by atoms with Crippen molar-refractivity contribution >= 4 is 17.0 Å². The summed E-state index contributed by atoms with van der Waals surface area (Å²) in [5.41, 5.74) is 0. The van der Waals surface area contributed by atoms with Crippen LogP contribution in [0.5, 0.6) is 0 Å². The Morgan fingerprint density at radius 1 is 1.50 bits per heavy atom. The van der Waals surface area contributed by atoms with Crippen molar-refractivity contribution in [2.45, 2.75) is 0 Å². The van der Waals surface area contributed by atoms with Crippen molar-refractivity contribution in [3.05, 3.63) is 12.4 Å². The molecule has 1 heterocycles. The van der Waals surface area contributed by atoms with Gasteiger partial charge >= 0.3 is 0 Å². The second kappa shape index (κ2) is 4.57. The Kier molecular flexibility index (Phi) is 4.47. The van der Waals surface area contributed by atoms with Crippen LogP contribution >= 0.6 is 17.0 Å². The van der Waals surface area contributed by atoms with Crippen LogP contribution in [0.2, 0.25) is 0 Å². The standard InChI is InChI=1S/C6H12N2O.BrH/c1-7-2-3-8(6-7)4-5-9;/h2-3,9H,4-6H2,1H3;1H. The van der Waals surface area contributed by atoms with Crippen LogP contribution in [0.15, 0.2) is 12.4 Å². The van der Waals surface area contributed by atoms with Crippen LogP contribution in [0.1, 0.15) is 0 Å². The summed E-state index contributed by atoms with van der Waals surface area (Å²) >= 11 is 0. The van der Waals surface area contributed by atoms with E-state index < -0.39 is 0 Å². The number of nitrogens with zero attached hydrogens (tertiary/aromatic N) is 2. The predicted octanol–water partition coefficient (Wildman–Crippen LogP) is 0.233. The number of rotatable bonds is 2. The van der Waals surface area contributed by atoms with Crippen molar-refractivity contribution in [1.29, 1.82) is 0 Å². The van der Waals surface area contributed by atoms with Crippen LogP contribution in [-0.2, 0) is 0 Å². The first kappa shape index (κ1) is 9.78. The summed E-state index contributed by atoms with van der Waals surface area (Å²) in [6.07, 6.45) is 3.98. The molecule has 0 saturated heterocycles. The number of halogens is 1. The summed E-state index contributed by atoms with van der Waals surface area (Å²) in [6, 6.07) is 0. The first-order valence-corrected chi connectivity index (χ1v) is 3.06. The van der Waals surface area contributed by atoms with E-state index in [-0.39, 0.29) is 23.6 Å². The lowest BCUT2D eigenvalue weighted by molar-refractivity contribution is 0.217. The number of aliphatic hydroxyl groups is 1. The monoisotopic (exact) mass is 208 g/mol. The maximum absolute atomic E-state index is 8.52. The lowest BCUT2D eigenvalue weighted by atomic mass is 10.6. The average Bonchev–Trinajstić information content (AvgIpc) is 2.17. The topological polar surface area (TPSA) is 26.7 Å². The van der Waals surface area contributed by atoms with Gasteiger partial charge in [0.05, 0.1) is 13.3 Å². The Hall–Kier alpha value is -0.220. The molecule has 0 bridgehead atoms. The fourth-order valence-corrected chi connectivity index (χ4v) is 0.863. The second-order valence-electron chi connectivity index (χ2n) is 2.23. The van der Waals surface area contributed by atoms with Crippen molar-refractivity contribution in [2.75, 3.05) is 26.9 Å². The van der Waals surface area contributed by atoms with Gasteiger partial charge < -0.3 is 14.9 Å². The minimum Gasteiger partial charge on any atom is -0.395 e. The molecular formula is C6H13BrN2O. The normalized spacial score (nSPS) is 15.8. The van der Waals surface area contributed by atoms with Crippen LogP contribution in [0.3, 0.4) is 0 Å². The molecule has 4 heteroatoms. The van der Waals surface area contributed by atoms with Crippen LogP contribution < -0.4 is 0 Å². The van der Waals surface area contributed by atoms with Gasteiger partial charge in [0.1, 0.15) is 0 Å². The molecule has 10 heavy (non-hydrogen) atoms. The molecule has 0 aromatic carbocycles. The Morgan fingerprint density at radius 3 is 2.60 bits per heavy atom. The Labute approximate surface area is 71.7 Å². The smallest absolute Gasteiger partial charge is 0.0891 e. The zero-order chi connectivity index (χ0) is 6.69. The van der Waals surface area contributed by atoms with E-state index in [0.29, 0.717) is 0 Å². The van der Waals surface area contributed by atoms with Gasteiger partial charge in [0, 0.05) is 26.0 Å². The summed E-state index contributed by atoms with van der Waals surface area (Å²) < 4.78 is 0. The number of hydrogen-bond acceptors (Lipinski definition) is 3. The first-order valence-electron chi connectivity index (χ1n) is 3.06. The van der Waals surface area contributed by atoms with Gasteiger partial charge in [0.25, 0.3) is 0 Å². The SMILES string of the molecule is Br.CN1C=CN(CCO)C1. The molecule has 3 nitrogen and oxygen atoms in total. The zero-order valence-corrected chi connectivity index (χ0v) is 7.74. The molecule has 0 spiro atoms. The van der Waals surface area contributed by atoms with Gasteiger partial charge in [-0.05, 0) is 0 Å². The van der Waals surface area contributed by atoms with Gasteiger partial charge in [-0.25, -0.2) is 0 Å². The number of aliphatic hydroxyl groups excluding tert-OH is 1. The van der Waals surface area contributed by atoms with E-state index in [9.17, 15) is 0 Å². The van der Waals surface area contributed by atoms with Crippen molar-refractivity contribution in [3.8, 4) is 0 Å². The lowest BCUT2D eigenvalue weighted by Crippen LogP contribution is -2.24. The highest BCUT2D eigenvalue weighted by atomic mass is 79.9. The predicted molar refractivity (Wildman–Crippen MR) is 45.9 cm³/mol. The minimum absolute atomic E-state index is 0. The van der Waals surface area contributed by atoms with E-state index >= 15 is 0 Å². The first-order chi connectivity index (χ1) is 4.33. The third-order valence-corrected chi connectivity index (χ3v) is 1.32.